The van der Waals surface area contributed by atoms with E-state index in [9.17, 15) is 19.2 Å². The zero-order valence-corrected chi connectivity index (χ0v) is 20.8. The van der Waals surface area contributed by atoms with Crippen LogP contribution in [0.25, 0.3) is 0 Å². The number of amides is 3. The number of benzene rings is 3. The van der Waals surface area contributed by atoms with Crippen molar-refractivity contribution in [1.82, 2.24) is 16.0 Å². The van der Waals surface area contributed by atoms with Gasteiger partial charge in [-0.05, 0) is 23.6 Å². The Balaban J connectivity index is 1.70. The maximum absolute atomic E-state index is 12.8. The van der Waals surface area contributed by atoms with Crippen LogP contribution in [-0.2, 0) is 23.9 Å². The molecule has 3 aromatic rings. The van der Waals surface area contributed by atoms with Gasteiger partial charge in [-0.15, -0.1) is 11.8 Å². The topological polar surface area (TPSA) is 104 Å². The molecule has 7 nitrogen and oxygen atoms in total. The number of thioether (sulfide) groups is 1. The molecule has 0 saturated heterocycles. The van der Waals surface area contributed by atoms with Crippen LogP contribution >= 0.6 is 11.8 Å². The first kappa shape index (κ1) is 26.7. The Morgan fingerprint density at radius 1 is 0.583 bits per heavy atom. The molecule has 0 atom stereocenters. The summed E-state index contributed by atoms with van der Waals surface area (Å²) in [5.74, 6) is -1.35. The lowest BCUT2D eigenvalue weighted by Crippen LogP contribution is -2.43. The molecule has 3 aromatic carbocycles. The Hall–Kier alpha value is -3.91. The summed E-state index contributed by atoms with van der Waals surface area (Å²) in [7, 11) is 0. The Kier molecular flexibility index (Phi) is 9.82. The van der Waals surface area contributed by atoms with E-state index in [0.717, 1.165) is 16.7 Å². The zero-order chi connectivity index (χ0) is 25.8. The molecular weight excluding hydrogens is 474 g/mol. The van der Waals surface area contributed by atoms with Crippen LogP contribution in [0.2, 0.25) is 0 Å². The lowest BCUT2D eigenvalue weighted by Gasteiger charge is -2.35. The van der Waals surface area contributed by atoms with Gasteiger partial charge in [0.25, 0.3) is 0 Å². The summed E-state index contributed by atoms with van der Waals surface area (Å²) in [6.07, 6.45) is 0. The van der Waals surface area contributed by atoms with Gasteiger partial charge in [-0.1, -0.05) is 91.0 Å². The van der Waals surface area contributed by atoms with E-state index in [-0.39, 0.29) is 37.1 Å². The van der Waals surface area contributed by atoms with Crippen molar-refractivity contribution in [3.8, 4) is 0 Å². The fourth-order valence-corrected chi connectivity index (χ4v) is 5.06. The van der Waals surface area contributed by atoms with Crippen molar-refractivity contribution in [2.24, 2.45) is 0 Å². The minimum absolute atomic E-state index is 0.0886. The van der Waals surface area contributed by atoms with Gasteiger partial charge in [0.2, 0.25) is 17.7 Å². The number of ketones is 1. The van der Waals surface area contributed by atoms with Crippen molar-refractivity contribution in [3.63, 3.8) is 0 Å². The molecule has 0 fully saturated rings. The fraction of sp³-hybridized carbons (Fsp3) is 0.214. The lowest BCUT2D eigenvalue weighted by molar-refractivity contribution is -0.127. The number of carbonyl (C=O) groups excluding carboxylic acids is 4. The molecule has 36 heavy (non-hydrogen) atoms. The van der Waals surface area contributed by atoms with Crippen molar-refractivity contribution in [2.45, 2.75) is 11.7 Å². The van der Waals surface area contributed by atoms with E-state index in [4.69, 9.17) is 0 Å². The van der Waals surface area contributed by atoms with Crippen LogP contribution < -0.4 is 16.0 Å². The Morgan fingerprint density at radius 2 is 0.944 bits per heavy atom. The number of rotatable bonds is 12. The number of nitrogens with one attached hydrogen (secondary N) is 3. The molecule has 0 aliphatic carbocycles. The molecule has 0 heterocycles. The van der Waals surface area contributed by atoms with Crippen LogP contribution in [0.1, 0.15) is 23.6 Å². The molecule has 3 rings (SSSR count). The van der Waals surface area contributed by atoms with Crippen LogP contribution in [0.5, 0.6) is 0 Å². The summed E-state index contributed by atoms with van der Waals surface area (Å²) in [6.45, 7) is 0.743. The quantitative estimate of drug-likeness (QED) is 0.330. The molecule has 0 saturated carbocycles. The monoisotopic (exact) mass is 503 g/mol. The van der Waals surface area contributed by atoms with Gasteiger partial charge in [0.05, 0.1) is 30.1 Å². The van der Waals surface area contributed by atoms with Crippen molar-refractivity contribution in [3.05, 3.63) is 108 Å². The maximum Gasteiger partial charge on any atom is 0.239 e. The van der Waals surface area contributed by atoms with Crippen LogP contribution in [0.4, 0.5) is 0 Å². The minimum atomic E-state index is -0.641. The SMILES string of the molecule is CC(=O)CNC(=O)CNC(=O)CNC(=O)CSC(c1ccccc1)(c1ccccc1)c1ccccc1. The molecule has 0 aromatic heterocycles. The Bertz CT molecular complexity index is 1070. The predicted octanol–water partition coefficient (Wildman–Crippen LogP) is 2.65. The summed E-state index contributed by atoms with van der Waals surface area (Å²) in [5, 5.41) is 7.45. The van der Waals surface area contributed by atoms with E-state index in [1.54, 1.807) is 0 Å². The second kappa shape index (κ2) is 13.3. The van der Waals surface area contributed by atoms with E-state index >= 15 is 0 Å². The number of hydrogen-bond acceptors (Lipinski definition) is 5. The van der Waals surface area contributed by atoms with Gasteiger partial charge in [0.1, 0.15) is 5.78 Å². The molecule has 0 spiro atoms. The Morgan fingerprint density at radius 3 is 1.33 bits per heavy atom. The summed E-state index contributed by atoms with van der Waals surface area (Å²) in [6, 6.07) is 30.1. The molecule has 3 N–H and O–H groups in total. The van der Waals surface area contributed by atoms with E-state index in [1.165, 1.54) is 18.7 Å². The molecule has 0 radical (unpaired) electrons. The van der Waals surface area contributed by atoms with Crippen LogP contribution in [0.15, 0.2) is 91.0 Å². The van der Waals surface area contributed by atoms with Crippen molar-refractivity contribution in [2.75, 3.05) is 25.4 Å². The summed E-state index contributed by atoms with van der Waals surface area (Å²) < 4.78 is -0.641. The van der Waals surface area contributed by atoms with Gasteiger partial charge < -0.3 is 16.0 Å². The average molecular weight is 504 g/mol. The number of carbonyl (C=O) groups is 4. The van der Waals surface area contributed by atoms with Gasteiger partial charge in [0.15, 0.2) is 0 Å². The van der Waals surface area contributed by atoms with Crippen LogP contribution in [0, 0.1) is 0 Å². The largest absolute Gasteiger partial charge is 0.348 e. The predicted molar refractivity (Wildman–Crippen MR) is 141 cm³/mol. The molecule has 0 bridgehead atoms. The summed E-state index contributed by atoms with van der Waals surface area (Å²) in [5.41, 5.74) is 3.11. The second-order valence-electron chi connectivity index (χ2n) is 8.10. The normalized spacial score (nSPS) is 10.8. The number of Topliss-reactive ketones (excluding diaryl/α,β-unsaturated/α-hetero) is 1. The van der Waals surface area contributed by atoms with Crippen LogP contribution in [-0.4, -0.2) is 48.9 Å². The number of hydrogen-bond donors (Lipinski definition) is 3. The van der Waals surface area contributed by atoms with E-state index < -0.39 is 16.6 Å². The van der Waals surface area contributed by atoms with Crippen molar-refractivity contribution >= 4 is 35.3 Å². The highest BCUT2D eigenvalue weighted by Gasteiger charge is 2.37. The van der Waals surface area contributed by atoms with Crippen molar-refractivity contribution in [1.29, 1.82) is 0 Å². The minimum Gasteiger partial charge on any atom is -0.348 e. The first-order valence-electron chi connectivity index (χ1n) is 11.5. The standard InChI is InChI=1S/C28H29N3O4S/c1-21(32)17-29-25(33)18-30-26(34)19-31-27(35)20-36-28(22-11-5-2-6-12-22,23-13-7-3-8-14-23)24-15-9-4-10-16-24/h2-16H,17-20H2,1H3,(H,29,33)(H,30,34)(H,31,35). The molecular formula is C28H29N3O4S. The van der Waals surface area contributed by atoms with Crippen molar-refractivity contribution < 1.29 is 19.2 Å². The second-order valence-corrected chi connectivity index (χ2v) is 9.29. The van der Waals surface area contributed by atoms with Gasteiger partial charge >= 0.3 is 0 Å². The highest BCUT2D eigenvalue weighted by atomic mass is 32.2. The highest BCUT2D eigenvalue weighted by molar-refractivity contribution is 8.01. The molecule has 0 unspecified atom stereocenters. The third-order valence-corrected chi connectivity index (χ3v) is 6.93. The smallest absolute Gasteiger partial charge is 0.239 e. The fourth-order valence-electron chi connectivity index (χ4n) is 3.70. The molecule has 3 amide bonds. The van der Waals surface area contributed by atoms with E-state index in [1.807, 2.05) is 54.6 Å². The summed E-state index contributed by atoms with van der Waals surface area (Å²) >= 11 is 1.48. The molecule has 0 aliphatic heterocycles. The van der Waals surface area contributed by atoms with Crippen LogP contribution in [0.3, 0.4) is 0 Å². The summed E-state index contributed by atoms with van der Waals surface area (Å²) in [4.78, 5) is 47.4. The maximum atomic E-state index is 12.8. The van der Waals surface area contributed by atoms with E-state index in [2.05, 4.69) is 52.3 Å². The Labute approximate surface area is 215 Å². The van der Waals surface area contributed by atoms with Gasteiger partial charge in [-0.2, -0.15) is 0 Å². The highest BCUT2D eigenvalue weighted by Crippen LogP contribution is 2.48. The third-order valence-electron chi connectivity index (χ3n) is 5.39. The van der Waals surface area contributed by atoms with Gasteiger partial charge in [-0.25, -0.2) is 0 Å². The molecule has 186 valence electrons. The lowest BCUT2D eigenvalue weighted by atomic mass is 9.84. The average Bonchev–Trinajstić information content (AvgIpc) is 2.91. The van der Waals surface area contributed by atoms with Gasteiger partial charge in [0, 0.05) is 0 Å². The first-order chi connectivity index (χ1) is 17.4. The molecule has 0 aliphatic rings. The first-order valence-corrected chi connectivity index (χ1v) is 12.5. The molecule has 8 heteroatoms. The third kappa shape index (κ3) is 7.29. The zero-order valence-electron chi connectivity index (χ0n) is 20.0. The van der Waals surface area contributed by atoms with E-state index in [0.29, 0.717) is 0 Å². The van der Waals surface area contributed by atoms with Gasteiger partial charge in [-0.3, -0.25) is 19.2 Å².